The monoisotopic (exact) mass is 329 g/mol. The summed E-state index contributed by atoms with van der Waals surface area (Å²) in [4.78, 5) is 14.8. The highest BCUT2D eigenvalue weighted by Crippen LogP contribution is 2.31. The van der Waals surface area contributed by atoms with Crippen LogP contribution in [-0.4, -0.2) is 42.5 Å². The molecule has 2 aliphatic rings. The average molecular weight is 329 g/mol. The first kappa shape index (κ1) is 17.4. The fourth-order valence-corrected chi connectivity index (χ4v) is 3.85. The van der Waals surface area contributed by atoms with Crippen LogP contribution in [0.1, 0.15) is 51.5 Å². The zero-order chi connectivity index (χ0) is 17.2. The lowest BCUT2D eigenvalue weighted by Crippen LogP contribution is -2.45. The summed E-state index contributed by atoms with van der Waals surface area (Å²) < 4.78 is 0. The molecule has 2 N–H and O–H groups in total. The molecule has 2 heterocycles. The van der Waals surface area contributed by atoms with Gasteiger partial charge >= 0.3 is 0 Å². The van der Waals surface area contributed by atoms with Gasteiger partial charge in [-0.1, -0.05) is 12.1 Å². The van der Waals surface area contributed by atoms with Crippen LogP contribution in [0.2, 0.25) is 0 Å². The maximum absolute atomic E-state index is 12.2. The molecule has 24 heavy (non-hydrogen) atoms. The number of anilines is 1. The number of rotatable bonds is 3. The molecular formula is C20H31N3O. The lowest BCUT2D eigenvalue weighted by Gasteiger charge is -2.41. The molecule has 2 saturated heterocycles. The van der Waals surface area contributed by atoms with Crippen LogP contribution in [0.25, 0.3) is 0 Å². The number of amides is 1. The van der Waals surface area contributed by atoms with Gasteiger partial charge in [-0.05, 0) is 83.3 Å². The van der Waals surface area contributed by atoms with Crippen LogP contribution in [0.5, 0.6) is 0 Å². The normalized spacial score (nSPS) is 23.4. The van der Waals surface area contributed by atoms with E-state index in [0.29, 0.717) is 5.92 Å². The molecule has 1 amide bonds. The van der Waals surface area contributed by atoms with E-state index >= 15 is 0 Å². The van der Waals surface area contributed by atoms with Crippen molar-refractivity contribution in [1.29, 1.82) is 0 Å². The summed E-state index contributed by atoms with van der Waals surface area (Å²) in [6.45, 7) is 11.0. The lowest BCUT2D eigenvalue weighted by molar-refractivity contribution is -0.119. The molecule has 0 aliphatic carbocycles. The van der Waals surface area contributed by atoms with Gasteiger partial charge in [-0.15, -0.1) is 0 Å². The molecule has 0 radical (unpaired) electrons. The fourth-order valence-electron chi connectivity index (χ4n) is 3.85. The van der Waals surface area contributed by atoms with E-state index in [1.165, 1.54) is 31.5 Å². The number of benzene rings is 1. The summed E-state index contributed by atoms with van der Waals surface area (Å²) in [5, 5.41) is 6.29. The number of hydrogen-bond donors (Lipinski definition) is 2. The first-order valence-corrected chi connectivity index (χ1v) is 9.30. The number of nitrogens with zero attached hydrogens (tertiary/aromatic N) is 1. The molecule has 1 aromatic rings. The van der Waals surface area contributed by atoms with Crippen LogP contribution >= 0.6 is 0 Å². The van der Waals surface area contributed by atoms with Crippen molar-refractivity contribution in [2.24, 2.45) is 5.92 Å². The molecule has 3 rings (SSSR count). The second kappa shape index (κ2) is 7.24. The summed E-state index contributed by atoms with van der Waals surface area (Å²) in [5.41, 5.74) is 2.60. The Kier molecular flexibility index (Phi) is 5.26. The second-order valence-corrected chi connectivity index (χ2v) is 8.23. The molecule has 0 saturated carbocycles. The van der Waals surface area contributed by atoms with Crippen LogP contribution in [0.15, 0.2) is 24.3 Å². The zero-order valence-electron chi connectivity index (χ0n) is 15.3. The molecule has 132 valence electrons. The molecule has 2 fully saturated rings. The summed E-state index contributed by atoms with van der Waals surface area (Å²) in [6, 6.07) is 8.51. The third-order valence-electron chi connectivity index (χ3n) is 5.52. The highest BCUT2D eigenvalue weighted by molar-refractivity contribution is 5.92. The van der Waals surface area contributed by atoms with Crippen molar-refractivity contribution in [3.8, 4) is 0 Å². The molecule has 0 unspecified atom stereocenters. The van der Waals surface area contributed by atoms with Gasteiger partial charge in [0.1, 0.15) is 0 Å². The predicted octanol–water partition coefficient (Wildman–Crippen LogP) is 3.21. The fraction of sp³-hybridized carbons (Fsp3) is 0.650. The standard InChI is InChI=1S/C20H31N3O/c1-20(2,3)23-12-9-16(10-13-23)15-4-6-18(7-5-15)22-19(24)17-8-11-21-14-17/h4-7,16-17,21H,8-14H2,1-3H3,(H,22,24)/t17-/m0/s1. The number of likely N-dealkylation sites (tertiary alicyclic amines) is 1. The van der Waals surface area contributed by atoms with Crippen molar-refractivity contribution in [1.82, 2.24) is 10.2 Å². The number of piperidine rings is 1. The Morgan fingerprint density at radius 3 is 2.33 bits per heavy atom. The van der Waals surface area contributed by atoms with E-state index in [1.54, 1.807) is 0 Å². The van der Waals surface area contributed by atoms with E-state index in [4.69, 9.17) is 0 Å². The minimum absolute atomic E-state index is 0.117. The van der Waals surface area contributed by atoms with Gasteiger partial charge < -0.3 is 10.6 Å². The minimum Gasteiger partial charge on any atom is -0.326 e. The van der Waals surface area contributed by atoms with Gasteiger partial charge in [-0.3, -0.25) is 9.69 Å². The molecule has 0 aromatic heterocycles. The number of nitrogens with one attached hydrogen (secondary N) is 2. The van der Waals surface area contributed by atoms with Crippen LogP contribution < -0.4 is 10.6 Å². The molecule has 0 spiro atoms. The van der Waals surface area contributed by atoms with E-state index in [1.807, 2.05) is 0 Å². The van der Waals surface area contributed by atoms with Crippen molar-refractivity contribution in [3.05, 3.63) is 29.8 Å². The molecule has 0 bridgehead atoms. The second-order valence-electron chi connectivity index (χ2n) is 8.23. The Labute approximate surface area is 146 Å². The smallest absolute Gasteiger partial charge is 0.228 e. The Bertz CT molecular complexity index is 547. The summed E-state index contributed by atoms with van der Waals surface area (Å²) in [5.74, 6) is 0.907. The third kappa shape index (κ3) is 4.17. The Balaban J connectivity index is 1.54. The summed E-state index contributed by atoms with van der Waals surface area (Å²) in [7, 11) is 0. The van der Waals surface area contributed by atoms with Gasteiger partial charge in [-0.25, -0.2) is 0 Å². The largest absolute Gasteiger partial charge is 0.326 e. The Morgan fingerprint density at radius 1 is 1.12 bits per heavy atom. The van der Waals surface area contributed by atoms with Gasteiger partial charge in [0.2, 0.25) is 5.91 Å². The van der Waals surface area contributed by atoms with Crippen molar-refractivity contribution >= 4 is 11.6 Å². The molecule has 4 nitrogen and oxygen atoms in total. The molecule has 2 aliphatic heterocycles. The van der Waals surface area contributed by atoms with Crippen LogP contribution in [0.3, 0.4) is 0 Å². The van der Waals surface area contributed by atoms with Crippen LogP contribution in [0.4, 0.5) is 5.69 Å². The van der Waals surface area contributed by atoms with Crippen LogP contribution in [-0.2, 0) is 4.79 Å². The van der Waals surface area contributed by atoms with Gasteiger partial charge in [0, 0.05) is 17.8 Å². The van der Waals surface area contributed by atoms with E-state index in [2.05, 4.69) is 60.6 Å². The SMILES string of the molecule is CC(C)(C)N1CCC(c2ccc(NC(=O)[C@H]3CCNC3)cc2)CC1. The van der Waals surface area contributed by atoms with Gasteiger partial charge in [0.15, 0.2) is 0 Å². The van der Waals surface area contributed by atoms with E-state index in [-0.39, 0.29) is 17.4 Å². The van der Waals surface area contributed by atoms with E-state index < -0.39 is 0 Å². The third-order valence-corrected chi connectivity index (χ3v) is 5.52. The first-order valence-electron chi connectivity index (χ1n) is 9.30. The van der Waals surface area contributed by atoms with Gasteiger partial charge in [0.25, 0.3) is 0 Å². The first-order chi connectivity index (χ1) is 11.4. The van der Waals surface area contributed by atoms with Gasteiger partial charge in [0.05, 0.1) is 5.92 Å². The van der Waals surface area contributed by atoms with Crippen LogP contribution in [0, 0.1) is 5.92 Å². The molecule has 1 aromatic carbocycles. The quantitative estimate of drug-likeness (QED) is 0.895. The zero-order valence-corrected chi connectivity index (χ0v) is 15.3. The lowest BCUT2D eigenvalue weighted by atomic mass is 9.87. The molecule has 1 atom stereocenters. The number of hydrogen-bond acceptors (Lipinski definition) is 3. The highest BCUT2D eigenvalue weighted by atomic mass is 16.1. The van der Waals surface area contributed by atoms with Crippen molar-refractivity contribution in [2.75, 3.05) is 31.5 Å². The van der Waals surface area contributed by atoms with Crippen molar-refractivity contribution in [3.63, 3.8) is 0 Å². The minimum atomic E-state index is 0.117. The van der Waals surface area contributed by atoms with E-state index in [9.17, 15) is 4.79 Å². The average Bonchev–Trinajstić information content (AvgIpc) is 3.09. The maximum atomic E-state index is 12.2. The number of carbonyl (C=O) groups excluding carboxylic acids is 1. The topological polar surface area (TPSA) is 44.4 Å². The summed E-state index contributed by atoms with van der Waals surface area (Å²) in [6.07, 6.45) is 3.38. The van der Waals surface area contributed by atoms with Crippen molar-refractivity contribution < 1.29 is 4.79 Å². The molecular weight excluding hydrogens is 298 g/mol. The maximum Gasteiger partial charge on any atom is 0.228 e. The summed E-state index contributed by atoms with van der Waals surface area (Å²) >= 11 is 0. The Morgan fingerprint density at radius 2 is 1.79 bits per heavy atom. The predicted molar refractivity (Wildman–Crippen MR) is 99.3 cm³/mol. The van der Waals surface area contributed by atoms with Gasteiger partial charge in [-0.2, -0.15) is 0 Å². The highest BCUT2D eigenvalue weighted by Gasteiger charge is 2.27. The van der Waals surface area contributed by atoms with E-state index in [0.717, 1.165) is 25.2 Å². The molecule has 4 heteroatoms. The number of carbonyl (C=O) groups is 1. The Hall–Kier alpha value is -1.39. The van der Waals surface area contributed by atoms with Crippen molar-refractivity contribution in [2.45, 2.75) is 51.5 Å².